The van der Waals surface area contributed by atoms with E-state index in [1.807, 2.05) is 6.07 Å². The van der Waals surface area contributed by atoms with Gasteiger partial charge in [-0.3, -0.25) is 4.79 Å². The van der Waals surface area contributed by atoms with E-state index in [0.29, 0.717) is 18.7 Å². The largest absolute Gasteiger partial charge is 0.358 e. The summed E-state index contributed by atoms with van der Waals surface area (Å²) in [5.41, 5.74) is 0.462. The van der Waals surface area contributed by atoms with Crippen LogP contribution in [0.1, 0.15) is 10.4 Å². The van der Waals surface area contributed by atoms with E-state index in [1.54, 1.807) is 24.3 Å². The minimum atomic E-state index is -1.71. The first-order valence-corrected chi connectivity index (χ1v) is 4.89. The lowest BCUT2D eigenvalue weighted by atomic mass is 10.0. The van der Waals surface area contributed by atoms with E-state index in [4.69, 9.17) is 4.74 Å². The van der Waals surface area contributed by atoms with Crippen LogP contribution in [0.4, 0.5) is 0 Å². The molecule has 0 amide bonds. The second-order valence-corrected chi connectivity index (χ2v) is 3.50. The van der Waals surface area contributed by atoms with Crippen LogP contribution in [0.3, 0.4) is 0 Å². The summed E-state index contributed by atoms with van der Waals surface area (Å²) < 4.78 is 5.13. The van der Waals surface area contributed by atoms with Gasteiger partial charge < -0.3 is 15.2 Å². The SMILES string of the molecule is O=C(c1ccccc1)C1(O)CNCCO1. The highest BCUT2D eigenvalue weighted by molar-refractivity contribution is 6.01. The summed E-state index contributed by atoms with van der Waals surface area (Å²) in [5, 5.41) is 12.9. The summed E-state index contributed by atoms with van der Waals surface area (Å²) >= 11 is 0. The highest BCUT2D eigenvalue weighted by Gasteiger charge is 2.39. The Kier molecular flexibility index (Phi) is 2.81. The monoisotopic (exact) mass is 207 g/mol. The number of hydrogen-bond donors (Lipinski definition) is 2. The van der Waals surface area contributed by atoms with Crippen molar-refractivity contribution in [2.75, 3.05) is 19.7 Å². The summed E-state index contributed by atoms with van der Waals surface area (Å²) in [6.45, 7) is 1.14. The van der Waals surface area contributed by atoms with E-state index in [1.165, 1.54) is 0 Å². The maximum atomic E-state index is 11.9. The molecule has 0 aliphatic carbocycles. The maximum Gasteiger partial charge on any atom is 0.244 e. The van der Waals surface area contributed by atoms with E-state index in [9.17, 15) is 9.90 Å². The third-order valence-electron chi connectivity index (χ3n) is 2.38. The summed E-state index contributed by atoms with van der Waals surface area (Å²) in [7, 11) is 0. The number of Topliss-reactive ketones (excluding diaryl/α,β-unsaturated/α-hetero) is 1. The highest BCUT2D eigenvalue weighted by Crippen LogP contribution is 2.16. The van der Waals surface area contributed by atoms with Gasteiger partial charge in [-0.05, 0) is 0 Å². The van der Waals surface area contributed by atoms with Crippen molar-refractivity contribution in [3.05, 3.63) is 35.9 Å². The zero-order valence-electron chi connectivity index (χ0n) is 8.27. The van der Waals surface area contributed by atoms with Gasteiger partial charge in [0.2, 0.25) is 11.6 Å². The molecule has 4 nitrogen and oxygen atoms in total. The van der Waals surface area contributed by atoms with Crippen LogP contribution in [0.5, 0.6) is 0 Å². The Morgan fingerprint density at radius 3 is 2.73 bits per heavy atom. The van der Waals surface area contributed by atoms with Gasteiger partial charge in [0.15, 0.2) is 0 Å². The molecule has 1 aliphatic heterocycles. The Hall–Kier alpha value is -1.23. The molecule has 1 aliphatic rings. The first-order valence-electron chi connectivity index (χ1n) is 4.89. The van der Waals surface area contributed by atoms with E-state index in [-0.39, 0.29) is 6.54 Å². The minimum Gasteiger partial charge on any atom is -0.358 e. The molecule has 1 atom stereocenters. The molecule has 1 saturated heterocycles. The van der Waals surface area contributed by atoms with Gasteiger partial charge in [0, 0.05) is 12.1 Å². The Morgan fingerprint density at radius 1 is 1.40 bits per heavy atom. The number of nitrogens with one attached hydrogen (secondary N) is 1. The fourth-order valence-electron chi connectivity index (χ4n) is 1.56. The maximum absolute atomic E-state index is 11.9. The quantitative estimate of drug-likeness (QED) is 0.679. The van der Waals surface area contributed by atoms with E-state index >= 15 is 0 Å². The standard InChI is InChI=1S/C11H13NO3/c13-10(9-4-2-1-3-5-9)11(14)8-12-6-7-15-11/h1-5,12,14H,6-8H2. The van der Waals surface area contributed by atoms with Crippen molar-refractivity contribution in [2.24, 2.45) is 0 Å². The minimum absolute atomic E-state index is 0.140. The van der Waals surface area contributed by atoms with Crippen LogP contribution in [0.2, 0.25) is 0 Å². The van der Waals surface area contributed by atoms with Gasteiger partial charge in [0.05, 0.1) is 13.2 Å². The highest BCUT2D eigenvalue weighted by atomic mass is 16.6. The summed E-state index contributed by atoms with van der Waals surface area (Å²) in [6, 6.07) is 8.66. The predicted octanol–water partition coefficient (Wildman–Crippen LogP) is 0.178. The van der Waals surface area contributed by atoms with Gasteiger partial charge in [-0.15, -0.1) is 0 Å². The Morgan fingerprint density at radius 2 is 2.13 bits per heavy atom. The first-order chi connectivity index (χ1) is 7.22. The Bertz CT molecular complexity index is 344. The summed E-state index contributed by atoms with van der Waals surface area (Å²) in [5.74, 6) is -2.10. The van der Waals surface area contributed by atoms with Gasteiger partial charge >= 0.3 is 0 Å². The molecule has 0 aromatic heterocycles. The molecule has 1 aromatic carbocycles. The molecule has 1 fully saturated rings. The second kappa shape index (κ2) is 4.10. The first kappa shape index (κ1) is 10.3. The molecule has 0 saturated carbocycles. The summed E-state index contributed by atoms with van der Waals surface area (Å²) in [6.07, 6.45) is 0. The molecule has 0 spiro atoms. The van der Waals surface area contributed by atoms with E-state index in [0.717, 1.165) is 0 Å². The van der Waals surface area contributed by atoms with Crippen molar-refractivity contribution in [3.63, 3.8) is 0 Å². The van der Waals surface area contributed by atoms with E-state index in [2.05, 4.69) is 5.32 Å². The number of β-amino-alcohol motifs (C(OH)–C–C–N with tert-alkyl or cyclic N) is 1. The van der Waals surface area contributed by atoms with Crippen LogP contribution in [0.25, 0.3) is 0 Å². The van der Waals surface area contributed by atoms with Crippen LogP contribution < -0.4 is 5.32 Å². The number of morpholine rings is 1. The van der Waals surface area contributed by atoms with Crippen molar-refractivity contribution in [2.45, 2.75) is 5.79 Å². The molecule has 4 heteroatoms. The molecule has 1 heterocycles. The van der Waals surface area contributed by atoms with Gasteiger partial charge in [-0.2, -0.15) is 0 Å². The zero-order valence-corrected chi connectivity index (χ0v) is 8.27. The molecule has 2 N–H and O–H groups in total. The third-order valence-corrected chi connectivity index (χ3v) is 2.38. The number of carbonyl (C=O) groups is 1. The molecule has 1 unspecified atom stereocenters. The number of hydrogen-bond acceptors (Lipinski definition) is 4. The average molecular weight is 207 g/mol. The fourth-order valence-corrected chi connectivity index (χ4v) is 1.56. The van der Waals surface area contributed by atoms with Crippen LogP contribution in [0, 0.1) is 0 Å². The lowest BCUT2D eigenvalue weighted by Gasteiger charge is -2.31. The number of carbonyl (C=O) groups excluding carboxylic acids is 1. The van der Waals surface area contributed by atoms with Crippen molar-refractivity contribution in [1.29, 1.82) is 0 Å². The van der Waals surface area contributed by atoms with Crippen LogP contribution >= 0.6 is 0 Å². The topological polar surface area (TPSA) is 58.6 Å². The van der Waals surface area contributed by atoms with E-state index < -0.39 is 11.6 Å². The molecule has 0 radical (unpaired) electrons. The van der Waals surface area contributed by atoms with Gasteiger partial charge in [0.25, 0.3) is 0 Å². The number of aliphatic hydroxyl groups is 1. The number of ketones is 1. The Labute approximate surface area is 87.9 Å². The van der Waals surface area contributed by atoms with Gasteiger partial charge in [-0.25, -0.2) is 0 Å². The molecule has 0 bridgehead atoms. The smallest absolute Gasteiger partial charge is 0.244 e. The normalized spacial score (nSPS) is 26.2. The second-order valence-electron chi connectivity index (χ2n) is 3.50. The van der Waals surface area contributed by atoms with Crippen molar-refractivity contribution in [3.8, 4) is 0 Å². The molecule has 1 aromatic rings. The van der Waals surface area contributed by atoms with Crippen molar-refractivity contribution in [1.82, 2.24) is 5.32 Å². The zero-order chi connectivity index (χ0) is 10.7. The fraction of sp³-hybridized carbons (Fsp3) is 0.364. The van der Waals surface area contributed by atoms with Crippen LogP contribution in [-0.2, 0) is 4.74 Å². The van der Waals surface area contributed by atoms with Gasteiger partial charge in [0.1, 0.15) is 0 Å². The summed E-state index contributed by atoms with van der Waals surface area (Å²) in [4.78, 5) is 11.9. The third kappa shape index (κ3) is 2.07. The van der Waals surface area contributed by atoms with Crippen LogP contribution in [0.15, 0.2) is 30.3 Å². The van der Waals surface area contributed by atoms with Crippen molar-refractivity contribution < 1.29 is 14.6 Å². The van der Waals surface area contributed by atoms with Crippen molar-refractivity contribution >= 4 is 5.78 Å². The molecule has 80 valence electrons. The number of rotatable bonds is 2. The lowest BCUT2D eigenvalue weighted by Crippen LogP contribution is -2.54. The van der Waals surface area contributed by atoms with Gasteiger partial charge in [-0.1, -0.05) is 30.3 Å². The molecule has 2 rings (SSSR count). The Balaban J connectivity index is 2.20. The predicted molar refractivity (Wildman–Crippen MR) is 54.5 cm³/mol. The number of ether oxygens (including phenoxy) is 1. The molecular weight excluding hydrogens is 194 g/mol. The number of benzene rings is 1. The molecule has 15 heavy (non-hydrogen) atoms. The average Bonchev–Trinajstić information content (AvgIpc) is 2.30. The molecular formula is C11H13NO3. The van der Waals surface area contributed by atoms with Crippen LogP contribution in [-0.4, -0.2) is 36.4 Å². The lowest BCUT2D eigenvalue weighted by molar-refractivity contribution is -0.176.